The van der Waals surface area contributed by atoms with Crippen molar-refractivity contribution in [1.29, 1.82) is 0 Å². The van der Waals surface area contributed by atoms with E-state index in [9.17, 15) is 0 Å². The number of rotatable bonds is 3. The molecule has 0 radical (unpaired) electrons. The zero-order chi connectivity index (χ0) is 15.8. The van der Waals surface area contributed by atoms with Gasteiger partial charge in [0.15, 0.2) is 0 Å². The monoisotopic (exact) mass is 328 g/mol. The van der Waals surface area contributed by atoms with Crippen LogP contribution in [0.5, 0.6) is 5.75 Å². The van der Waals surface area contributed by atoms with Crippen LogP contribution in [0, 0.1) is 0 Å². The van der Waals surface area contributed by atoms with Crippen LogP contribution in [-0.2, 0) is 19.5 Å². The Labute approximate surface area is 142 Å². The zero-order valence-corrected chi connectivity index (χ0v) is 14.1. The molecule has 2 aliphatic rings. The summed E-state index contributed by atoms with van der Waals surface area (Å²) < 4.78 is 5.61. The topological polar surface area (TPSA) is 24.5 Å². The van der Waals surface area contributed by atoms with Gasteiger partial charge in [-0.2, -0.15) is 0 Å². The molecule has 0 spiro atoms. The molecule has 2 aromatic rings. The van der Waals surface area contributed by atoms with Crippen LogP contribution in [0.3, 0.4) is 0 Å². The highest BCUT2D eigenvalue weighted by atomic mass is 35.5. The average Bonchev–Trinajstić information content (AvgIpc) is 2.98. The van der Waals surface area contributed by atoms with Crippen molar-refractivity contribution in [3.8, 4) is 5.75 Å². The molecule has 120 valence electrons. The molecule has 0 aliphatic carbocycles. The number of nitrogens with one attached hydrogen (secondary N) is 1. The Morgan fingerprint density at radius 2 is 1.91 bits per heavy atom. The largest absolute Gasteiger partial charge is 0.496 e. The van der Waals surface area contributed by atoms with Crippen molar-refractivity contribution in [1.82, 2.24) is 10.2 Å². The maximum Gasteiger partial charge on any atom is 0.124 e. The van der Waals surface area contributed by atoms with Gasteiger partial charge in [-0.25, -0.2) is 0 Å². The van der Waals surface area contributed by atoms with Gasteiger partial charge in [0.1, 0.15) is 5.75 Å². The smallest absolute Gasteiger partial charge is 0.124 e. The van der Waals surface area contributed by atoms with Gasteiger partial charge in [0.05, 0.1) is 7.11 Å². The maximum absolute atomic E-state index is 6.43. The summed E-state index contributed by atoms with van der Waals surface area (Å²) in [6.45, 7) is 3.98. The lowest BCUT2D eigenvalue weighted by Crippen LogP contribution is -2.37. The number of hydrogen-bond acceptors (Lipinski definition) is 3. The van der Waals surface area contributed by atoms with Gasteiger partial charge in [-0.05, 0) is 41.8 Å². The van der Waals surface area contributed by atoms with Gasteiger partial charge < -0.3 is 10.1 Å². The van der Waals surface area contributed by atoms with Crippen LogP contribution >= 0.6 is 11.6 Å². The molecular formula is C19H21ClN2O. The van der Waals surface area contributed by atoms with Crippen molar-refractivity contribution in [3.63, 3.8) is 0 Å². The van der Waals surface area contributed by atoms with E-state index in [0.717, 1.165) is 43.4 Å². The van der Waals surface area contributed by atoms with E-state index in [1.165, 1.54) is 22.3 Å². The number of benzene rings is 2. The van der Waals surface area contributed by atoms with E-state index in [2.05, 4.69) is 34.5 Å². The molecule has 4 heteroatoms. The number of nitrogens with zero attached hydrogens (tertiary/aromatic N) is 1. The molecular weight excluding hydrogens is 308 g/mol. The van der Waals surface area contributed by atoms with Crippen LogP contribution in [0.15, 0.2) is 36.4 Å². The summed E-state index contributed by atoms with van der Waals surface area (Å²) in [4.78, 5) is 2.50. The quantitative estimate of drug-likeness (QED) is 0.932. The summed E-state index contributed by atoms with van der Waals surface area (Å²) in [5.74, 6) is 0.943. The average molecular weight is 329 g/mol. The highest BCUT2D eigenvalue weighted by molar-refractivity contribution is 6.31. The summed E-state index contributed by atoms with van der Waals surface area (Å²) >= 11 is 6.43. The molecule has 2 aromatic carbocycles. The molecule has 0 unspecified atom stereocenters. The zero-order valence-electron chi connectivity index (χ0n) is 13.3. The summed E-state index contributed by atoms with van der Waals surface area (Å²) in [6, 6.07) is 12.9. The van der Waals surface area contributed by atoms with Crippen LogP contribution < -0.4 is 10.1 Å². The molecule has 0 bridgehead atoms. The van der Waals surface area contributed by atoms with E-state index in [1.54, 1.807) is 7.11 Å². The second-order valence-corrected chi connectivity index (χ2v) is 6.74. The second kappa shape index (κ2) is 6.16. The molecule has 1 atom stereocenters. The first kappa shape index (κ1) is 15.0. The lowest BCUT2D eigenvalue weighted by atomic mass is 9.93. The minimum Gasteiger partial charge on any atom is -0.496 e. The fourth-order valence-electron chi connectivity index (χ4n) is 3.85. The molecule has 0 saturated heterocycles. The Bertz CT molecular complexity index is 706. The van der Waals surface area contributed by atoms with E-state index in [0.29, 0.717) is 0 Å². The Kier molecular flexibility index (Phi) is 4.02. The van der Waals surface area contributed by atoms with Gasteiger partial charge in [-0.3, -0.25) is 4.90 Å². The highest BCUT2D eigenvalue weighted by Gasteiger charge is 2.29. The highest BCUT2D eigenvalue weighted by Crippen LogP contribution is 2.37. The van der Waals surface area contributed by atoms with Gasteiger partial charge in [0.2, 0.25) is 0 Å². The first-order valence-corrected chi connectivity index (χ1v) is 8.52. The van der Waals surface area contributed by atoms with Crippen LogP contribution in [0.1, 0.15) is 28.3 Å². The summed E-state index contributed by atoms with van der Waals surface area (Å²) in [7, 11) is 1.74. The standard InChI is InChI=1S/C19H21ClN2O/c1-23-18-7-6-16(20)15-8-9-21-17(19(15)18)12-22-10-13-4-2-3-5-14(13)11-22/h2-7,17,21H,8-12H2,1H3/t17-/m1/s1. The third-order valence-electron chi connectivity index (χ3n) is 4.94. The molecule has 3 nitrogen and oxygen atoms in total. The fraction of sp³-hybridized carbons (Fsp3) is 0.368. The number of ether oxygens (including phenoxy) is 1. The van der Waals surface area contributed by atoms with Crippen LogP contribution in [-0.4, -0.2) is 25.1 Å². The molecule has 2 heterocycles. The van der Waals surface area contributed by atoms with Gasteiger partial charge in [-0.15, -0.1) is 0 Å². The summed E-state index contributed by atoms with van der Waals surface area (Å²) in [5, 5.41) is 4.51. The molecule has 23 heavy (non-hydrogen) atoms. The predicted octanol–water partition coefficient (Wildman–Crippen LogP) is 3.55. The van der Waals surface area contributed by atoms with Crippen molar-refractivity contribution in [2.24, 2.45) is 0 Å². The molecule has 1 N–H and O–H groups in total. The molecule has 0 aromatic heterocycles. The Morgan fingerprint density at radius 1 is 1.17 bits per heavy atom. The minimum absolute atomic E-state index is 0.265. The van der Waals surface area contributed by atoms with Crippen molar-refractivity contribution < 1.29 is 4.74 Å². The SMILES string of the molecule is COc1ccc(Cl)c2c1[C@@H](CN1Cc3ccccc3C1)NCC2. The van der Waals surface area contributed by atoms with Gasteiger partial charge in [0.25, 0.3) is 0 Å². The number of hydrogen-bond donors (Lipinski definition) is 1. The molecule has 0 fully saturated rings. The van der Waals surface area contributed by atoms with E-state index in [4.69, 9.17) is 16.3 Å². The number of halogens is 1. The van der Waals surface area contributed by atoms with E-state index in [-0.39, 0.29) is 6.04 Å². The second-order valence-electron chi connectivity index (χ2n) is 6.34. The van der Waals surface area contributed by atoms with Crippen molar-refractivity contribution >= 4 is 11.6 Å². The lowest BCUT2D eigenvalue weighted by molar-refractivity contribution is 0.242. The number of fused-ring (bicyclic) bond motifs is 2. The lowest BCUT2D eigenvalue weighted by Gasteiger charge is -2.32. The van der Waals surface area contributed by atoms with E-state index in [1.807, 2.05) is 12.1 Å². The molecule has 0 saturated carbocycles. The van der Waals surface area contributed by atoms with Gasteiger partial charge in [-0.1, -0.05) is 35.9 Å². The van der Waals surface area contributed by atoms with Crippen molar-refractivity contribution in [2.75, 3.05) is 20.2 Å². The summed E-state index contributed by atoms with van der Waals surface area (Å²) in [5.41, 5.74) is 5.37. The predicted molar refractivity (Wildman–Crippen MR) is 93.0 cm³/mol. The molecule has 4 rings (SSSR count). The van der Waals surface area contributed by atoms with E-state index >= 15 is 0 Å². The normalized spacial score (nSPS) is 20.2. The van der Waals surface area contributed by atoms with Crippen LogP contribution in [0.2, 0.25) is 5.02 Å². The fourth-order valence-corrected chi connectivity index (χ4v) is 4.11. The van der Waals surface area contributed by atoms with Gasteiger partial charge in [0, 0.05) is 36.3 Å². The first-order chi connectivity index (χ1) is 11.3. The Hall–Kier alpha value is -1.55. The molecule has 0 amide bonds. The van der Waals surface area contributed by atoms with Gasteiger partial charge >= 0.3 is 0 Å². The summed E-state index contributed by atoms with van der Waals surface area (Å²) in [6.07, 6.45) is 0.960. The van der Waals surface area contributed by atoms with Crippen LogP contribution in [0.4, 0.5) is 0 Å². The van der Waals surface area contributed by atoms with Crippen molar-refractivity contribution in [3.05, 3.63) is 63.7 Å². The first-order valence-electron chi connectivity index (χ1n) is 8.14. The minimum atomic E-state index is 0.265. The van der Waals surface area contributed by atoms with Crippen LogP contribution in [0.25, 0.3) is 0 Å². The third kappa shape index (κ3) is 2.74. The number of methoxy groups -OCH3 is 1. The Morgan fingerprint density at radius 3 is 2.61 bits per heavy atom. The van der Waals surface area contributed by atoms with E-state index < -0.39 is 0 Å². The Balaban J connectivity index is 1.60. The third-order valence-corrected chi connectivity index (χ3v) is 5.30. The maximum atomic E-state index is 6.43. The molecule has 2 aliphatic heterocycles. The van der Waals surface area contributed by atoms with Crippen molar-refractivity contribution in [2.45, 2.75) is 25.6 Å².